The second-order valence-electron chi connectivity index (χ2n) is 12.6. The van der Waals surface area contributed by atoms with Crippen LogP contribution in [-0.2, 0) is 28.6 Å². The molecular formula is C32H44F6N2O2. The first kappa shape index (κ1) is 32.8. The molecule has 1 spiro atoms. The Hall–Kier alpha value is -2.07. The number of unbranched alkanes of at least 4 members (excludes halogenated alkanes) is 3. The van der Waals surface area contributed by atoms with E-state index in [1.54, 1.807) is 0 Å². The largest absolute Gasteiger partial charge is 0.573 e. The van der Waals surface area contributed by atoms with Gasteiger partial charge in [0.15, 0.2) is 0 Å². The average molecular weight is 603 g/mol. The Morgan fingerprint density at radius 1 is 1.05 bits per heavy atom. The van der Waals surface area contributed by atoms with Gasteiger partial charge in [-0.2, -0.15) is 13.2 Å². The summed E-state index contributed by atoms with van der Waals surface area (Å²) in [6.07, 6.45) is 7.88. The van der Waals surface area contributed by atoms with Gasteiger partial charge in [0, 0.05) is 25.0 Å². The normalized spacial score (nSPS) is 26.0. The molecule has 3 aliphatic rings. The molecule has 0 radical (unpaired) electrons. The Morgan fingerprint density at radius 2 is 1.81 bits per heavy atom. The van der Waals surface area contributed by atoms with Crippen LogP contribution in [0.3, 0.4) is 0 Å². The number of hydrogen-bond donors (Lipinski definition) is 1. The third-order valence-electron chi connectivity index (χ3n) is 9.68. The predicted octanol–water partition coefficient (Wildman–Crippen LogP) is 9.20. The molecule has 42 heavy (non-hydrogen) atoms. The van der Waals surface area contributed by atoms with Gasteiger partial charge in [-0.3, -0.25) is 4.98 Å². The van der Waals surface area contributed by atoms with E-state index in [1.165, 1.54) is 24.4 Å². The van der Waals surface area contributed by atoms with Gasteiger partial charge in [0.2, 0.25) is 0 Å². The van der Waals surface area contributed by atoms with Crippen LogP contribution in [0.15, 0.2) is 36.3 Å². The monoisotopic (exact) mass is 602 g/mol. The lowest BCUT2D eigenvalue weighted by atomic mass is 9.53. The molecule has 4 rings (SSSR count). The van der Waals surface area contributed by atoms with E-state index in [0.29, 0.717) is 38.1 Å². The third kappa shape index (κ3) is 8.10. The van der Waals surface area contributed by atoms with Crippen LogP contribution in [0.5, 0.6) is 0 Å². The number of hydrogen-bond acceptors (Lipinski definition) is 4. The van der Waals surface area contributed by atoms with E-state index in [-0.39, 0.29) is 28.9 Å². The van der Waals surface area contributed by atoms with Gasteiger partial charge in [-0.05, 0) is 92.5 Å². The first-order chi connectivity index (χ1) is 19.8. The molecule has 0 amide bonds. The molecule has 1 saturated heterocycles. The molecule has 2 aliphatic carbocycles. The molecule has 1 unspecified atom stereocenters. The second kappa shape index (κ2) is 13.3. The molecule has 1 aliphatic heterocycles. The lowest BCUT2D eigenvalue weighted by molar-refractivity contribution is -0.303. The van der Waals surface area contributed by atoms with Crippen molar-refractivity contribution in [3.8, 4) is 0 Å². The zero-order chi connectivity index (χ0) is 30.5. The summed E-state index contributed by atoms with van der Waals surface area (Å²) < 4.78 is 90.8. The lowest BCUT2D eigenvalue weighted by Crippen LogP contribution is -2.52. The summed E-state index contributed by atoms with van der Waals surface area (Å²) in [5.74, 6) is -0.211. The molecule has 0 aromatic carbocycles. The van der Waals surface area contributed by atoms with E-state index in [1.807, 2.05) is 6.08 Å². The molecule has 1 saturated carbocycles. The summed E-state index contributed by atoms with van der Waals surface area (Å²) in [6.45, 7) is 5.21. The summed E-state index contributed by atoms with van der Waals surface area (Å²) in [5.41, 5.74) is -1.07. The minimum Gasteiger partial charge on any atom is -0.406 e. The van der Waals surface area contributed by atoms with Gasteiger partial charge in [-0.15, -0.1) is 13.2 Å². The van der Waals surface area contributed by atoms with E-state index in [0.717, 1.165) is 64.2 Å². The Balaban J connectivity index is 1.47. The van der Waals surface area contributed by atoms with Crippen LogP contribution in [0.25, 0.3) is 0 Å². The minimum atomic E-state index is -4.75. The maximum absolute atomic E-state index is 14.0. The van der Waals surface area contributed by atoms with Crippen LogP contribution in [0.4, 0.5) is 26.3 Å². The van der Waals surface area contributed by atoms with Gasteiger partial charge in [-0.1, -0.05) is 52.0 Å². The highest BCUT2D eigenvalue weighted by molar-refractivity contribution is 5.30. The molecule has 1 N–H and O–H groups in total. The van der Waals surface area contributed by atoms with Crippen molar-refractivity contribution in [1.29, 1.82) is 0 Å². The standard InChI is InChI=1S/C32H44F6N2O2/c1-3-4-5-6-9-25-20-27(31(33,34)35)24(22-40-25)21-39-18-16-29(17-19-41-30(23-29)12-7-8-13-30)28(2)14-10-26(11-15-28)42-32(36,37)38/h10-11,14,20,22,39H,3-9,12-13,15-19,21,23H2,1-2H3/t28?,29-/m1/s1. The molecule has 2 atom stereocenters. The fourth-order valence-corrected chi connectivity index (χ4v) is 7.22. The maximum atomic E-state index is 14.0. The Kier molecular flexibility index (Phi) is 10.4. The highest BCUT2D eigenvalue weighted by Crippen LogP contribution is 2.59. The fourth-order valence-electron chi connectivity index (χ4n) is 7.22. The highest BCUT2D eigenvalue weighted by Gasteiger charge is 2.54. The number of rotatable bonds is 12. The Bertz CT molecular complexity index is 1110. The van der Waals surface area contributed by atoms with E-state index in [2.05, 4.69) is 28.9 Å². The van der Waals surface area contributed by atoms with Crippen molar-refractivity contribution in [2.75, 3.05) is 13.2 Å². The molecule has 2 heterocycles. The Labute approximate surface area is 245 Å². The van der Waals surface area contributed by atoms with Gasteiger partial charge in [-0.25, -0.2) is 0 Å². The quantitative estimate of drug-likeness (QED) is 0.191. The Morgan fingerprint density at radius 3 is 2.45 bits per heavy atom. The molecule has 10 heteroatoms. The van der Waals surface area contributed by atoms with Gasteiger partial charge >= 0.3 is 12.5 Å². The number of aromatic nitrogens is 1. The number of pyridine rings is 1. The number of ether oxygens (including phenoxy) is 2. The average Bonchev–Trinajstić information content (AvgIpc) is 3.36. The number of alkyl halides is 6. The van der Waals surface area contributed by atoms with Crippen LogP contribution >= 0.6 is 0 Å². The van der Waals surface area contributed by atoms with Crippen LogP contribution in [0.1, 0.15) is 108 Å². The second-order valence-corrected chi connectivity index (χ2v) is 12.6. The van der Waals surface area contributed by atoms with Crippen molar-refractivity contribution in [3.63, 3.8) is 0 Å². The van der Waals surface area contributed by atoms with E-state index in [4.69, 9.17) is 4.74 Å². The molecule has 2 fully saturated rings. The summed E-state index contributed by atoms with van der Waals surface area (Å²) >= 11 is 0. The van der Waals surface area contributed by atoms with Crippen molar-refractivity contribution in [2.45, 2.75) is 122 Å². The van der Waals surface area contributed by atoms with Crippen molar-refractivity contribution >= 4 is 0 Å². The lowest BCUT2D eigenvalue weighted by Gasteiger charge is -2.55. The van der Waals surface area contributed by atoms with Crippen molar-refractivity contribution in [3.05, 3.63) is 53.1 Å². The summed E-state index contributed by atoms with van der Waals surface area (Å²) in [5, 5.41) is 3.25. The number of nitrogens with one attached hydrogen (secondary N) is 1. The van der Waals surface area contributed by atoms with Crippen molar-refractivity contribution in [2.24, 2.45) is 10.8 Å². The highest BCUT2D eigenvalue weighted by atomic mass is 19.4. The summed E-state index contributed by atoms with van der Waals surface area (Å²) in [6, 6.07) is 1.19. The minimum absolute atomic E-state index is 0.0334. The van der Waals surface area contributed by atoms with Crippen LogP contribution < -0.4 is 5.32 Å². The summed E-state index contributed by atoms with van der Waals surface area (Å²) in [4.78, 5) is 4.33. The predicted molar refractivity (Wildman–Crippen MR) is 149 cm³/mol. The van der Waals surface area contributed by atoms with Crippen molar-refractivity contribution in [1.82, 2.24) is 10.3 Å². The number of allylic oxidation sites excluding steroid dienone is 3. The van der Waals surface area contributed by atoms with E-state index in [9.17, 15) is 26.3 Å². The van der Waals surface area contributed by atoms with E-state index >= 15 is 0 Å². The third-order valence-corrected chi connectivity index (χ3v) is 9.68. The topological polar surface area (TPSA) is 43.4 Å². The molecular weight excluding hydrogens is 558 g/mol. The van der Waals surface area contributed by atoms with Crippen LogP contribution in [-0.4, -0.2) is 30.1 Å². The number of halogens is 6. The smallest absolute Gasteiger partial charge is 0.406 e. The van der Waals surface area contributed by atoms with Gasteiger partial charge in [0.05, 0.1) is 11.2 Å². The fraction of sp³-hybridized carbons (Fsp3) is 0.719. The molecule has 1 aromatic rings. The first-order valence-electron chi connectivity index (χ1n) is 15.3. The number of aryl methyl sites for hydroxylation is 1. The molecule has 4 nitrogen and oxygen atoms in total. The summed E-state index contributed by atoms with van der Waals surface area (Å²) in [7, 11) is 0. The first-order valence-corrected chi connectivity index (χ1v) is 15.3. The van der Waals surface area contributed by atoms with Crippen LogP contribution in [0.2, 0.25) is 0 Å². The van der Waals surface area contributed by atoms with Crippen LogP contribution in [0, 0.1) is 10.8 Å². The molecule has 0 bridgehead atoms. The molecule has 1 aromatic heterocycles. The zero-order valence-electron chi connectivity index (χ0n) is 24.7. The van der Waals surface area contributed by atoms with E-state index < -0.39 is 23.5 Å². The van der Waals surface area contributed by atoms with Crippen molar-refractivity contribution < 1.29 is 35.8 Å². The van der Waals surface area contributed by atoms with Gasteiger partial charge < -0.3 is 14.8 Å². The SMILES string of the molecule is CCCCCCc1cc(C(F)(F)F)c(CNCC[C@@]2(C3(C)C=CC(OC(F)(F)F)=CC3)CCOC3(CCCC3)C2)cn1. The maximum Gasteiger partial charge on any atom is 0.573 e. The molecule has 236 valence electrons. The number of nitrogens with zero attached hydrogens (tertiary/aromatic N) is 1. The van der Waals surface area contributed by atoms with Gasteiger partial charge in [0.25, 0.3) is 0 Å². The zero-order valence-corrected chi connectivity index (χ0v) is 24.7. The van der Waals surface area contributed by atoms with Gasteiger partial charge in [0.1, 0.15) is 5.76 Å².